The maximum absolute atomic E-state index is 13.5. The van der Waals surface area contributed by atoms with E-state index in [1.807, 2.05) is 0 Å². The minimum absolute atomic E-state index is 0.454. The van der Waals surface area contributed by atoms with Crippen LogP contribution in [0.2, 0.25) is 0 Å². The second-order valence-corrected chi connectivity index (χ2v) is 3.96. The van der Waals surface area contributed by atoms with Gasteiger partial charge in [-0.25, -0.2) is 9.97 Å². The zero-order valence-electron chi connectivity index (χ0n) is 8.54. The first kappa shape index (κ1) is 11.0. The Labute approximate surface area is 101 Å². The van der Waals surface area contributed by atoms with Crippen molar-refractivity contribution in [1.82, 2.24) is 9.97 Å². The third-order valence-corrected chi connectivity index (χ3v) is 2.62. The van der Waals surface area contributed by atoms with Crippen LogP contribution in [0.5, 0.6) is 0 Å². The standard InChI is InChI=1S/C11H9BrFN3/c1-14-9-6-16-10(12)5-8(9)7-3-2-4-15-11(7)13/h2-6,14H,1H3. The van der Waals surface area contributed by atoms with E-state index in [0.717, 1.165) is 11.3 Å². The molecule has 0 aromatic carbocycles. The number of rotatable bonds is 2. The van der Waals surface area contributed by atoms with Crippen molar-refractivity contribution in [3.8, 4) is 11.1 Å². The number of nitrogens with zero attached hydrogens (tertiary/aromatic N) is 2. The lowest BCUT2D eigenvalue weighted by Crippen LogP contribution is -1.96. The molecule has 0 bridgehead atoms. The van der Waals surface area contributed by atoms with E-state index in [-0.39, 0.29) is 0 Å². The molecular weight excluding hydrogens is 273 g/mol. The van der Waals surface area contributed by atoms with Crippen LogP contribution in [-0.2, 0) is 0 Å². The number of nitrogens with one attached hydrogen (secondary N) is 1. The molecule has 0 aliphatic rings. The number of halogens is 2. The zero-order valence-corrected chi connectivity index (χ0v) is 10.1. The summed E-state index contributed by atoms with van der Waals surface area (Å²) in [6, 6.07) is 5.14. The van der Waals surface area contributed by atoms with Crippen molar-refractivity contribution in [3.63, 3.8) is 0 Å². The molecule has 2 aromatic heterocycles. The number of hydrogen-bond acceptors (Lipinski definition) is 3. The molecule has 2 heterocycles. The van der Waals surface area contributed by atoms with E-state index in [1.165, 1.54) is 6.20 Å². The van der Waals surface area contributed by atoms with Crippen LogP contribution in [0.3, 0.4) is 0 Å². The number of aromatic nitrogens is 2. The summed E-state index contributed by atoms with van der Waals surface area (Å²) < 4.78 is 14.2. The van der Waals surface area contributed by atoms with Gasteiger partial charge in [-0.3, -0.25) is 0 Å². The maximum Gasteiger partial charge on any atom is 0.220 e. The van der Waals surface area contributed by atoms with Crippen molar-refractivity contribution >= 4 is 21.6 Å². The summed E-state index contributed by atoms with van der Waals surface area (Å²) in [5.41, 5.74) is 1.94. The topological polar surface area (TPSA) is 37.8 Å². The molecule has 0 radical (unpaired) electrons. The molecule has 1 N–H and O–H groups in total. The van der Waals surface area contributed by atoms with Crippen molar-refractivity contribution in [2.45, 2.75) is 0 Å². The van der Waals surface area contributed by atoms with E-state index in [2.05, 4.69) is 31.2 Å². The van der Waals surface area contributed by atoms with Gasteiger partial charge in [0.1, 0.15) is 4.60 Å². The smallest absolute Gasteiger partial charge is 0.220 e. The summed E-state index contributed by atoms with van der Waals surface area (Å²) in [6.07, 6.45) is 3.07. The predicted octanol–water partition coefficient (Wildman–Crippen LogP) is 3.09. The van der Waals surface area contributed by atoms with E-state index < -0.39 is 5.95 Å². The van der Waals surface area contributed by atoms with Gasteiger partial charge in [0.2, 0.25) is 5.95 Å². The molecule has 0 saturated carbocycles. The summed E-state index contributed by atoms with van der Waals surface area (Å²) >= 11 is 3.27. The van der Waals surface area contributed by atoms with Gasteiger partial charge >= 0.3 is 0 Å². The molecule has 0 amide bonds. The van der Waals surface area contributed by atoms with Crippen molar-refractivity contribution in [3.05, 3.63) is 41.1 Å². The molecule has 0 aliphatic heterocycles. The summed E-state index contributed by atoms with van der Waals surface area (Å²) in [6.45, 7) is 0. The van der Waals surface area contributed by atoms with Crippen LogP contribution in [0.25, 0.3) is 11.1 Å². The van der Waals surface area contributed by atoms with E-state index in [4.69, 9.17) is 0 Å². The Morgan fingerprint density at radius 2 is 2.12 bits per heavy atom. The van der Waals surface area contributed by atoms with Crippen LogP contribution in [0.4, 0.5) is 10.1 Å². The monoisotopic (exact) mass is 281 g/mol. The third-order valence-electron chi connectivity index (χ3n) is 2.19. The molecular formula is C11H9BrFN3. The van der Waals surface area contributed by atoms with Gasteiger partial charge in [0.25, 0.3) is 0 Å². The molecule has 16 heavy (non-hydrogen) atoms. The van der Waals surface area contributed by atoms with Crippen molar-refractivity contribution in [2.75, 3.05) is 12.4 Å². The minimum atomic E-state index is -0.489. The van der Waals surface area contributed by atoms with Gasteiger partial charge in [0, 0.05) is 24.4 Å². The van der Waals surface area contributed by atoms with Crippen LogP contribution in [0.15, 0.2) is 35.2 Å². The highest BCUT2D eigenvalue weighted by atomic mass is 79.9. The molecule has 82 valence electrons. The largest absolute Gasteiger partial charge is 0.386 e. The fraction of sp³-hybridized carbons (Fsp3) is 0.0909. The van der Waals surface area contributed by atoms with Crippen molar-refractivity contribution in [2.24, 2.45) is 0 Å². The number of hydrogen-bond donors (Lipinski definition) is 1. The molecule has 5 heteroatoms. The Kier molecular flexibility index (Phi) is 3.14. The zero-order chi connectivity index (χ0) is 11.5. The van der Waals surface area contributed by atoms with E-state index in [1.54, 1.807) is 31.4 Å². The first-order chi connectivity index (χ1) is 7.72. The van der Waals surface area contributed by atoms with E-state index in [9.17, 15) is 4.39 Å². The second-order valence-electron chi connectivity index (χ2n) is 3.14. The van der Waals surface area contributed by atoms with Crippen molar-refractivity contribution < 1.29 is 4.39 Å². The SMILES string of the molecule is CNc1cnc(Br)cc1-c1cccnc1F. The summed E-state index contributed by atoms with van der Waals surface area (Å²) in [5, 5.41) is 2.97. The first-order valence-electron chi connectivity index (χ1n) is 4.66. The summed E-state index contributed by atoms with van der Waals surface area (Å²) in [4.78, 5) is 7.71. The van der Waals surface area contributed by atoms with Gasteiger partial charge in [-0.2, -0.15) is 4.39 Å². The van der Waals surface area contributed by atoms with Gasteiger partial charge in [0.05, 0.1) is 11.9 Å². The quantitative estimate of drug-likeness (QED) is 0.860. The summed E-state index contributed by atoms with van der Waals surface area (Å²) in [5.74, 6) is -0.489. The lowest BCUT2D eigenvalue weighted by atomic mass is 10.1. The van der Waals surface area contributed by atoms with Crippen molar-refractivity contribution in [1.29, 1.82) is 0 Å². The van der Waals surface area contributed by atoms with Crippen LogP contribution in [0, 0.1) is 5.95 Å². The van der Waals surface area contributed by atoms with Gasteiger partial charge in [-0.1, -0.05) is 0 Å². The number of pyridine rings is 2. The normalized spacial score (nSPS) is 10.2. The Hall–Kier alpha value is -1.49. The molecule has 0 fully saturated rings. The van der Waals surface area contributed by atoms with E-state index >= 15 is 0 Å². The Bertz CT molecular complexity index is 516. The lowest BCUT2D eigenvalue weighted by Gasteiger charge is -2.09. The molecule has 0 atom stereocenters. The molecule has 2 rings (SSSR count). The highest BCUT2D eigenvalue weighted by Crippen LogP contribution is 2.30. The fourth-order valence-electron chi connectivity index (χ4n) is 1.44. The van der Waals surface area contributed by atoms with Gasteiger partial charge in [0.15, 0.2) is 0 Å². The average molecular weight is 282 g/mol. The molecule has 0 aliphatic carbocycles. The van der Waals surface area contributed by atoms with E-state index in [0.29, 0.717) is 10.2 Å². The Morgan fingerprint density at radius 3 is 2.81 bits per heavy atom. The van der Waals surface area contributed by atoms with Gasteiger partial charge in [-0.05, 0) is 34.1 Å². The Morgan fingerprint density at radius 1 is 1.31 bits per heavy atom. The predicted molar refractivity (Wildman–Crippen MR) is 64.7 cm³/mol. The highest BCUT2D eigenvalue weighted by molar-refractivity contribution is 9.10. The first-order valence-corrected chi connectivity index (χ1v) is 5.46. The maximum atomic E-state index is 13.5. The van der Waals surface area contributed by atoms with Gasteiger partial charge in [-0.15, -0.1) is 0 Å². The van der Waals surface area contributed by atoms with Crippen LogP contribution >= 0.6 is 15.9 Å². The third kappa shape index (κ3) is 2.04. The average Bonchev–Trinajstić information content (AvgIpc) is 2.29. The van der Waals surface area contributed by atoms with Crippen LogP contribution in [0.1, 0.15) is 0 Å². The molecule has 2 aromatic rings. The lowest BCUT2D eigenvalue weighted by molar-refractivity contribution is 0.587. The molecule has 3 nitrogen and oxygen atoms in total. The minimum Gasteiger partial charge on any atom is -0.386 e. The Balaban J connectivity index is 2.63. The van der Waals surface area contributed by atoms with Gasteiger partial charge < -0.3 is 5.32 Å². The number of anilines is 1. The second kappa shape index (κ2) is 4.57. The fourth-order valence-corrected chi connectivity index (χ4v) is 1.77. The van der Waals surface area contributed by atoms with Crippen LogP contribution in [-0.4, -0.2) is 17.0 Å². The molecule has 0 unspecified atom stereocenters. The highest BCUT2D eigenvalue weighted by Gasteiger charge is 2.10. The molecule has 0 saturated heterocycles. The van der Waals surface area contributed by atoms with Crippen LogP contribution < -0.4 is 5.32 Å². The molecule has 0 spiro atoms. The summed E-state index contributed by atoms with van der Waals surface area (Å²) in [7, 11) is 1.77.